The summed E-state index contributed by atoms with van der Waals surface area (Å²) in [6.45, 7) is 3.85. The fourth-order valence-corrected chi connectivity index (χ4v) is 6.33. The lowest BCUT2D eigenvalue weighted by molar-refractivity contribution is -0.146. The van der Waals surface area contributed by atoms with Gasteiger partial charge in [0, 0.05) is 36.4 Å². The van der Waals surface area contributed by atoms with Crippen molar-refractivity contribution in [3.05, 3.63) is 23.2 Å². The first kappa shape index (κ1) is 21.8. The average molecular weight is 483 g/mol. The molecule has 34 heavy (non-hydrogen) atoms. The van der Waals surface area contributed by atoms with Crippen LogP contribution in [0.5, 0.6) is 0 Å². The largest absolute Gasteiger partial charge is 0.378 e. The van der Waals surface area contributed by atoms with Crippen molar-refractivity contribution >= 4 is 45.0 Å². The predicted molar refractivity (Wildman–Crippen MR) is 132 cm³/mol. The number of aromatic nitrogens is 4. The number of rotatable bonds is 5. The molecule has 180 valence electrons. The molecule has 3 fully saturated rings. The minimum Gasteiger partial charge on any atom is -0.378 e. The molecule has 6 rings (SSSR count). The van der Waals surface area contributed by atoms with Crippen molar-refractivity contribution in [2.45, 2.75) is 63.2 Å². The van der Waals surface area contributed by atoms with E-state index in [9.17, 15) is 4.79 Å². The van der Waals surface area contributed by atoms with Gasteiger partial charge in [0.05, 0.1) is 18.6 Å². The Labute approximate surface area is 201 Å². The van der Waals surface area contributed by atoms with Crippen LogP contribution in [0.3, 0.4) is 0 Å². The highest BCUT2D eigenvalue weighted by Crippen LogP contribution is 2.36. The molecule has 3 aromatic rings. The highest BCUT2D eigenvalue weighted by atomic mass is 32.1. The lowest BCUT2D eigenvalue weighted by Crippen LogP contribution is -2.62. The number of nitrogens with one attached hydrogen (secondary N) is 4. The van der Waals surface area contributed by atoms with E-state index in [1.54, 1.807) is 11.3 Å². The number of ether oxygens (including phenoxy) is 1. The topological polar surface area (TPSA) is 120 Å². The van der Waals surface area contributed by atoms with Crippen LogP contribution in [0.2, 0.25) is 0 Å². The molecule has 0 radical (unpaired) electrons. The van der Waals surface area contributed by atoms with Crippen molar-refractivity contribution in [1.82, 2.24) is 30.4 Å². The van der Waals surface area contributed by atoms with E-state index in [0.717, 1.165) is 59.8 Å². The second-order valence-electron chi connectivity index (χ2n) is 9.47. The first-order valence-corrected chi connectivity index (χ1v) is 13.0. The normalized spacial score (nSPS) is 27.0. The molecule has 0 saturated carbocycles. The minimum atomic E-state index is -0.217. The van der Waals surface area contributed by atoms with Crippen molar-refractivity contribution in [2.75, 3.05) is 30.4 Å². The number of hydrogen-bond donors (Lipinski definition) is 4. The number of thiophene rings is 1. The second kappa shape index (κ2) is 9.12. The summed E-state index contributed by atoms with van der Waals surface area (Å²) in [6, 6.07) is 4.49. The van der Waals surface area contributed by atoms with E-state index in [0.29, 0.717) is 19.2 Å². The molecule has 2 bridgehead atoms. The summed E-state index contributed by atoms with van der Waals surface area (Å²) >= 11 is 1.60. The number of aromatic amines is 1. The summed E-state index contributed by atoms with van der Waals surface area (Å²) in [5.74, 6) is 2.30. The number of morpholine rings is 1. The molecular formula is C23H30N8O2S. The maximum absolute atomic E-state index is 13.3. The van der Waals surface area contributed by atoms with Crippen LogP contribution in [-0.4, -0.2) is 74.9 Å². The molecule has 1 amide bonds. The minimum absolute atomic E-state index is 0.199. The Bertz CT molecular complexity index is 1160. The molecule has 0 unspecified atom stereocenters. The van der Waals surface area contributed by atoms with Crippen LogP contribution in [0, 0.1) is 6.92 Å². The molecular weight excluding hydrogens is 452 g/mol. The van der Waals surface area contributed by atoms with Gasteiger partial charge < -0.3 is 25.6 Å². The van der Waals surface area contributed by atoms with Gasteiger partial charge in [-0.3, -0.25) is 9.89 Å². The van der Waals surface area contributed by atoms with E-state index in [-0.39, 0.29) is 30.1 Å². The standard InChI is InChI=1S/C23H30N8O2S/c1-13-9-19(30-29-13)26-20-17-5-8-34-21(17)28-23(27-20)25-14-10-15-3-2-4-16(11-14)31(15)22(32)18-12-33-7-6-24-18/h5,8-9,14-16,18,24H,2-4,6-7,10-12H2,1H3,(H3,25,26,27,28,29,30)/t14-,15-,16+,18-/m1/s1. The summed E-state index contributed by atoms with van der Waals surface area (Å²) < 4.78 is 5.55. The molecule has 4 atom stereocenters. The zero-order valence-corrected chi connectivity index (χ0v) is 20.0. The van der Waals surface area contributed by atoms with Crippen LogP contribution >= 0.6 is 11.3 Å². The molecule has 3 aliphatic heterocycles. The molecule has 3 aromatic heterocycles. The maximum Gasteiger partial charge on any atom is 0.242 e. The SMILES string of the molecule is Cc1cc(Nc2nc(N[C@@H]3C[C@H]4CCC[C@@H](C3)N4C(=O)[C@H]3COCCN3)nc3sccc23)n[nH]1. The Kier molecular flexibility index (Phi) is 5.84. The number of aryl methyl sites for hydroxylation is 1. The third-order valence-corrected chi connectivity index (χ3v) is 7.87. The van der Waals surface area contributed by atoms with Gasteiger partial charge in [0.2, 0.25) is 11.9 Å². The first-order valence-electron chi connectivity index (χ1n) is 12.1. The third kappa shape index (κ3) is 4.23. The van der Waals surface area contributed by atoms with Gasteiger partial charge in [0.1, 0.15) is 16.7 Å². The van der Waals surface area contributed by atoms with Gasteiger partial charge in [-0.05, 0) is 50.5 Å². The van der Waals surface area contributed by atoms with Gasteiger partial charge in [-0.2, -0.15) is 10.1 Å². The number of carbonyl (C=O) groups is 1. The molecule has 11 heteroatoms. The van der Waals surface area contributed by atoms with Gasteiger partial charge in [0.25, 0.3) is 0 Å². The van der Waals surface area contributed by atoms with Crippen molar-refractivity contribution in [3.63, 3.8) is 0 Å². The van der Waals surface area contributed by atoms with Gasteiger partial charge in [-0.15, -0.1) is 11.3 Å². The maximum atomic E-state index is 13.3. The second-order valence-corrected chi connectivity index (χ2v) is 10.4. The quantitative estimate of drug-likeness (QED) is 0.438. The zero-order chi connectivity index (χ0) is 23.1. The Morgan fingerprint density at radius 1 is 1.26 bits per heavy atom. The van der Waals surface area contributed by atoms with Gasteiger partial charge in [-0.1, -0.05) is 0 Å². The van der Waals surface area contributed by atoms with E-state index in [1.165, 1.54) is 6.42 Å². The number of carbonyl (C=O) groups excluding carboxylic acids is 1. The summed E-state index contributed by atoms with van der Waals surface area (Å²) in [7, 11) is 0. The van der Waals surface area contributed by atoms with Gasteiger partial charge >= 0.3 is 0 Å². The first-order chi connectivity index (χ1) is 16.6. The van der Waals surface area contributed by atoms with Crippen molar-refractivity contribution in [3.8, 4) is 0 Å². The molecule has 0 aromatic carbocycles. The lowest BCUT2D eigenvalue weighted by atomic mass is 9.81. The van der Waals surface area contributed by atoms with Crippen LogP contribution in [0.15, 0.2) is 17.5 Å². The number of hydrogen-bond acceptors (Lipinski definition) is 9. The number of nitrogens with zero attached hydrogens (tertiary/aromatic N) is 4. The van der Waals surface area contributed by atoms with Gasteiger partial charge in [-0.25, -0.2) is 4.98 Å². The molecule has 10 nitrogen and oxygen atoms in total. The number of H-pyrrole nitrogens is 1. The highest BCUT2D eigenvalue weighted by Gasteiger charge is 2.43. The van der Waals surface area contributed by atoms with Crippen molar-refractivity contribution in [2.24, 2.45) is 0 Å². The van der Waals surface area contributed by atoms with E-state index in [4.69, 9.17) is 14.7 Å². The summed E-state index contributed by atoms with van der Waals surface area (Å²) in [5.41, 5.74) is 0.985. The molecule has 0 aliphatic carbocycles. The Morgan fingerprint density at radius 3 is 2.85 bits per heavy atom. The lowest BCUT2D eigenvalue weighted by Gasteiger charge is -2.50. The predicted octanol–water partition coefficient (Wildman–Crippen LogP) is 2.78. The van der Waals surface area contributed by atoms with Gasteiger partial charge in [0.15, 0.2) is 5.82 Å². The summed E-state index contributed by atoms with van der Waals surface area (Å²) in [6.07, 6.45) is 5.08. The monoisotopic (exact) mass is 482 g/mol. The fourth-order valence-electron chi connectivity index (χ4n) is 5.56. The number of amides is 1. The summed E-state index contributed by atoms with van der Waals surface area (Å²) in [4.78, 5) is 26.0. The molecule has 0 spiro atoms. The average Bonchev–Trinajstić information content (AvgIpc) is 3.47. The number of piperidine rings is 2. The van der Waals surface area contributed by atoms with Crippen LogP contribution in [-0.2, 0) is 9.53 Å². The van der Waals surface area contributed by atoms with Crippen molar-refractivity contribution in [1.29, 1.82) is 0 Å². The third-order valence-electron chi connectivity index (χ3n) is 7.06. The number of fused-ring (bicyclic) bond motifs is 3. The Morgan fingerprint density at radius 2 is 2.12 bits per heavy atom. The van der Waals surface area contributed by atoms with E-state index < -0.39 is 0 Å². The fraction of sp³-hybridized carbons (Fsp3) is 0.565. The van der Waals surface area contributed by atoms with Crippen LogP contribution in [0.4, 0.5) is 17.6 Å². The highest BCUT2D eigenvalue weighted by molar-refractivity contribution is 7.16. The molecule has 4 N–H and O–H groups in total. The zero-order valence-electron chi connectivity index (χ0n) is 19.2. The summed E-state index contributed by atoms with van der Waals surface area (Å²) in [5, 5.41) is 20.5. The Balaban J connectivity index is 1.19. The van der Waals surface area contributed by atoms with E-state index >= 15 is 0 Å². The van der Waals surface area contributed by atoms with Crippen LogP contribution in [0.25, 0.3) is 10.2 Å². The number of anilines is 3. The Hall–Kier alpha value is -2.76. The smallest absolute Gasteiger partial charge is 0.242 e. The molecule has 3 saturated heterocycles. The van der Waals surface area contributed by atoms with Crippen LogP contribution in [0.1, 0.15) is 37.8 Å². The molecule has 3 aliphatic rings. The van der Waals surface area contributed by atoms with E-state index in [2.05, 4.69) is 31.0 Å². The van der Waals surface area contributed by atoms with Crippen molar-refractivity contribution < 1.29 is 9.53 Å². The molecule has 6 heterocycles. The van der Waals surface area contributed by atoms with E-state index in [1.807, 2.05) is 24.4 Å². The van der Waals surface area contributed by atoms with Crippen LogP contribution < -0.4 is 16.0 Å².